The third kappa shape index (κ3) is 2.52. The van der Waals surface area contributed by atoms with Crippen LogP contribution in [-0.2, 0) is 6.18 Å². The van der Waals surface area contributed by atoms with Gasteiger partial charge in [-0.2, -0.15) is 13.2 Å². The molecule has 0 fully saturated rings. The van der Waals surface area contributed by atoms with Crippen molar-refractivity contribution in [1.82, 2.24) is 14.5 Å². The van der Waals surface area contributed by atoms with Crippen LogP contribution in [0.25, 0.3) is 16.7 Å². The van der Waals surface area contributed by atoms with E-state index >= 15 is 0 Å². The van der Waals surface area contributed by atoms with Crippen molar-refractivity contribution in [2.45, 2.75) is 13.1 Å². The van der Waals surface area contributed by atoms with Crippen LogP contribution in [0.1, 0.15) is 21.6 Å². The van der Waals surface area contributed by atoms with Crippen LogP contribution in [0.5, 0.6) is 0 Å². The van der Waals surface area contributed by atoms with Crippen molar-refractivity contribution < 1.29 is 23.1 Å². The molecule has 2 aromatic heterocycles. The number of carboxylic acids is 1. The number of carboxylic acid groups (broad SMARTS) is 1. The predicted octanol–water partition coefficient (Wildman–Crippen LogP) is 3.45. The minimum atomic E-state index is -4.42. The third-order valence-corrected chi connectivity index (χ3v) is 3.51. The van der Waals surface area contributed by atoms with Crippen LogP contribution in [-0.4, -0.2) is 25.6 Å². The Kier molecular flexibility index (Phi) is 3.32. The van der Waals surface area contributed by atoms with E-state index in [2.05, 4.69) is 9.97 Å². The molecule has 0 aliphatic carbocycles. The Balaban J connectivity index is 2.19. The highest BCUT2D eigenvalue weighted by Crippen LogP contribution is 2.32. The molecule has 5 nitrogen and oxygen atoms in total. The summed E-state index contributed by atoms with van der Waals surface area (Å²) in [6.07, 6.45) is -1.76. The number of aromatic nitrogens is 3. The van der Waals surface area contributed by atoms with Crippen molar-refractivity contribution in [2.24, 2.45) is 0 Å². The van der Waals surface area contributed by atoms with Gasteiger partial charge in [-0.05, 0) is 31.2 Å². The number of benzene rings is 1. The van der Waals surface area contributed by atoms with Gasteiger partial charge in [-0.3, -0.25) is 0 Å². The number of carbonyl (C=O) groups is 1. The van der Waals surface area contributed by atoms with Crippen LogP contribution in [0.15, 0.2) is 36.8 Å². The number of alkyl halides is 3. The summed E-state index contributed by atoms with van der Waals surface area (Å²) in [6, 6.07) is 4.88. The van der Waals surface area contributed by atoms with Gasteiger partial charge in [0.05, 0.1) is 11.1 Å². The lowest BCUT2D eigenvalue weighted by molar-refractivity contribution is -0.137. The lowest BCUT2D eigenvalue weighted by Gasteiger charge is -2.10. The van der Waals surface area contributed by atoms with Gasteiger partial charge in [-0.1, -0.05) is 0 Å². The average Bonchev–Trinajstić information content (AvgIpc) is 2.89. The molecule has 0 aliphatic rings. The number of hydrogen-bond donors (Lipinski definition) is 1. The molecule has 8 heteroatoms. The van der Waals surface area contributed by atoms with Gasteiger partial charge in [0.15, 0.2) is 5.69 Å². The lowest BCUT2D eigenvalue weighted by atomic mass is 10.1. The smallest absolute Gasteiger partial charge is 0.416 e. The van der Waals surface area contributed by atoms with Gasteiger partial charge < -0.3 is 9.67 Å². The molecule has 0 aliphatic heterocycles. The zero-order valence-corrected chi connectivity index (χ0v) is 11.8. The Labute approximate surface area is 128 Å². The zero-order valence-electron chi connectivity index (χ0n) is 11.8. The Morgan fingerprint density at radius 1 is 1.22 bits per heavy atom. The van der Waals surface area contributed by atoms with E-state index in [-0.39, 0.29) is 5.69 Å². The summed E-state index contributed by atoms with van der Waals surface area (Å²) in [5.74, 6) is -0.880. The van der Waals surface area contributed by atoms with Gasteiger partial charge >= 0.3 is 12.1 Å². The minimum Gasteiger partial charge on any atom is -0.476 e. The Morgan fingerprint density at radius 3 is 2.61 bits per heavy atom. The second-order valence-electron chi connectivity index (χ2n) is 4.93. The zero-order chi connectivity index (χ0) is 16.8. The van der Waals surface area contributed by atoms with E-state index in [1.54, 1.807) is 17.7 Å². The van der Waals surface area contributed by atoms with Gasteiger partial charge in [-0.15, -0.1) is 0 Å². The fourth-order valence-corrected chi connectivity index (χ4v) is 2.40. The highest BCUT2D eigenvalue weighted by atomic mass is 19.4. The molecule has 0 unspecified atom stereocenters. The van der Waals surface area contributed by atoms with Crippen molar-refractivity contribution in [3.05, 3.63) is 53.6 Å². The summed E-state index contributed by atoms with van der Waals surface area (Å²) in [6.45, 7) is 1.55. The first-order valence-electron chi connectivity index (χ1n) is 6.52. The molecule has 3 aromatic rings. The van der Waals surface area contributed by atoms with Crippen LogP contribution >= 0.6 is 0 Å². The van der Waals surface area contributed by atoms with Crippen molar-refractivity contribution in [3.8, 4) is 5.82 Å². The van der Waals surface area contributed by atoms with E-state index in [9.17, 15) is 18.0 Å². The normalized spacial score (nSPS) is 11.8. The van der Waals surface area contributed by atoms with Crippen LogP contribution in [0.3, 0.4) is 0 Å². The summed E-state index contributed by atoms with van der Waals surface area (Å²) in [4.78, 5) is 18.9. The largest absolute Gasteiger partial charge is 0.476 e. The number of rotatable bonds is 2. The van der Waals surface area contributed by atoms with Gasteiger partial charge in [0, 0.05) is 17.1 Å². The molecule has 1 aromatic carbocycles. The topological polar surface area (TPSA) is 68.0 Å². The molecule has 0 atom stereocenters. The minimum absolute atomic E-state index is 0.149. The number of fused-ring (bicyclic) bond motifs is 1. The first-order valence-corrected chi connectivity index (χ1v) is 6.52. The van der Waals surface area contributed by atoms with Gasteiger partial charge in [-0.25, -0.2) is 14.8 Å². The van der Waals surface area contributed by atoms with Crippen molar-refractivity contribution in [1.29, 1.82) is 0 Å². The van der Waals surface area contributed by atoms with E-state index in [0.29, 0.717) is 22.3 Å². The summed E-state index contributed by atoms with van der Waals surface area (Å²) >= 11 is 0. The highest BCUT2D eigenvalue weighted by Gasteiger charge is 2.30. The summed E-state index contributed by atoms with van der Waals surface area (Å²) in [5, 5.41) is 9.49. The molecule has 1 N–H and O–H groups in total. The average molecular weight is 321 g/mol. The van der Waals surface area contributed by atoms with E-state index in [1.165, 1.54) is 12.1 Å². The maximum Gasteiger partial charge on any atom is 0.416 e. The molecule has 3 rings (SSSR count). The van der Waals surface area contributed by atoms with E-state index in [1.807, 2.05) is 0 Å². The summed E-state index contributed by atoms with van der Waals surface area (Å²) < 4.78 is 39.8. The second kappa shape index (κ2) is 5.08. The molecular weight excluding hydrogens is 311 g/mol. The Bertz CT molecular complexity index is 916. The molecular formula is C15H10F3N3O2. The Hall–Kier alpha value is -2.90. The second-order valence-corrected chi connectivity index (χ2v) is 4.93. The van der Waals surface area contributed by atoms with Gasteiger partial charge in [0.1, 0.15) is 12.1 Å². The quantitative estimate of drug-likeness (QED) is 0.785. The number of hydrogen-bond acceptors (Lipinski definition) is 3. The van der Waals surface area contributed by atoms with E-state index < -0.39 is 17.7 Å². The number of halogens is 3. The first-order chi connectivity index (χ1) is 10.8. The van der Waals surface area contributed by atoms with Gasteiger partial charge in [0.2, 0.25) is 0 Å². The number of aromatic carboxylic acids is 1. The fourth-order valence-electron chi connectivity index (χ4n) is 2.40. The highest BCUT2D eigenvalue weighted by molar-refractivity contribution is 5.88. The van der Waals surface area contributed by atoms with E-state index in [4.69, 9.17) is 5.11 Å². The standard InChI is InChI=1S/C15H10F3N3O2/c1-8-12(14(22)23)19-7-20-13(8)21-5-4-9-6-10(15(16,17)18)2-3-11(9)21/h2-7H,1H3,(H,22,23). The van der Waals surface area contributed by atoms with Crippen molar-refractivity contribution in [2.75, 3.05) is 0 Å². The monoisotopic (exact) mass is 321 g/mol. The summed E-state index contributed by atoms with van der Waals surface area (Å²) in [7, 11) is 0. The van der Waals surface area contributed by atoms with Gasteiger partial charge in [0.25, 0.3) is 0 Å². The maximum absolute atomic E-state index is 12.8. The molecule has 23 heavy (non-hydrogen) atoms. The fraction of sp³-hybridized carbons (Fsp3) is 0.133. The summed E-state index contributed by atoms with van der Waals surface area (Å²) in [5.41, 5.74) is -0.0642. The molecule has 0 amide bonds. The first kappa shape index (κ1) is 15.0. The van der Waals surface area contributed by atoms with E-state index in [0.717, 1.165) is 18.5 Å². The molecule has 0 saturated heterocycles. The molecule has 0 bridgehead atoms. The molecule has 0 saturated carbocycles. The molecule has 118 valence electrons. The van der Waals surface area contributed by atoms with Crippen LogP contribution < -0.4 is 0 Å². The molecule has 2 heterocycles. The lowest BCUT2D eigenvalue weighted by Crippen LogP contribution is -2.09. The third-order valence-electron chi connectivity index (χ3n) is 3.51. The van der Waals surface area contributed by atoms with Crippen LogP contribution in [0.4, 0.5) is 13.2 Å². The Morgan fingerprint density at radius 2 is 1.96 bits per heavy atom. The van der Waals surface area contributed by atoms with Crippen LogP contribution in [0, 0.1) is 6.92 Å². The van der Waals surface area contributed by atoms with Crippen LogP contribution in [0.2, 0.25) is 0 Å². The maximum atomic E-state index is 12.8. The van der Waals surface area contributed by atoms with Crippen molar-refractivity contribution in [3.63, 3.8) is 0 Å². The number of nitrogens with zero attached hydrogens (tertiary/aromatic N) is 3. The molecule has 0 radical (unpaired) electrons. The SMILES string of the molecule is Cc1c(C(=O)O)ncnc1-n1ccc2cc(C(F)(F)F)ccc21. The predicted molar refractivity (Wildman–Crippen MR) is 75.6 cm³/mol. The molecule has 0 spiro atoms. The van der Waals surface area contributed by atoms with Crippen molar-refractivity contribution >= 4 is 16.9 Å².